The molecule has 0 radical (unpaired) electrons. The minimum atomic E-state index is 0.619. The Hall–Kier alpha value is -8.97. The van der Waals surface area contributed by atoms with E-state index < -0.39 is 0 Å². The van der Waals surface area contributed by atoms with Crippen LogP contribution in [0.4, 0.5) is 17.1 Å². The van der Waals surface area contributed by atoms with E-state index >= 15 is 0 Å². The van der Waals surface area contributed by atoms with Crippen molar-refractivity contribution in [2.75, 3.05) is 4.90 Å². The molecular weight excluding hydrogens is 801 g/mol. The highest BCUT2D eigenvalue weighted by atomic mass is 16.3. The molecule has 66 heavy (non-hydrogen) atoms. The fourth-order valence-electron chi connectivity index (χ4n) is 10.4. The van der Waals surface area contributed by atoms with Crippen molar-refractivity contribution in [3.05, 3.63) is 236 Å². The number of nitriles is 1. The van der Waals surface area contributed by atoms with Crippen molar-refractivity contribution in [2.24, 2.45) is 0 Å². The molecule has 0 atom stereocenters. The van der Waals surface area contributed by atoms with Gasteiger partial charge in [-0.25, -0.2) is 0 Å². The summed E-state index contributed by atoms with van der Waals surface area (Å²) in [4.78, 5) is 2.23. The van der Waals surface area contributed by atoms with E-state index in [1.807, 2.05) is 42.5 Å². The molecule has 1 heterocycles. The summed E-state index contributed by atoms with van der Waals surface area (Å²) < 4.78 is 6.35. The minimum absolute atomic E-state index is 0.619. The highest BCUT2D eigenvalue weighted by Crippen LogP contribution is 2.48. The SMILES string of the molecule is N#Cc1ccc(N(c2ccc3cc(-c4ccc5c(-c6cccc7ccccc67)c6ccccc6c(-c6cccc7ccccc67)c5c4)ccc3c2)c2ccc3c(c2)oc2ccccc23)cc1. The second kappa shape index (κ2) is 15.1. The molecule has 0 aliphatic carbocycles. The Morgan fingerprint density at radius 1 is 0.318 bits per heavy atom. The van der Waals surface area contributed by atoms with Crippen LogP contribution in [0.2, 0.25) is 0 Å². The van der Waals surface area contributed by atoms with E-state index in [2.05, 4.69) is 199 Å². The maximum absolute atomic E-state index is 9.63. The number of benzene rings is 12. The van der Waals surface area contributed by atoms with Gasteiger partial charge in [-0.05, 0) is 154 Å². The average Bonchev–Trinajstić information content (AvgIpc) is 3.76. The number of fused-ring (bicyclic) bond motifs is 8. The molecule has 0 saturated carbocycles. The molecule has 0 saturated heterocycles. The van der Waals surface area contributed by atoms with Crippen LogP contribution >= 0.6 is 0 Å². The van der Waals surface area contributed by atoms with Crippen molar-refractivity contribution >= 4 is 92.9 Å². The average molecular weight is 839 g/mol. The molecule has 0 spiro atoms. The molecule has 1 aromatic heterocycles. The summed E-state index contributed by atoms with van der Waals surface area (Å²) in [5.41, 5.74) is 12.5. The monoisotopic (exact) mass is 838 g/mol. The van der Waals surface area contributed by atoms with E-state index in [1.54, 1.807) is 0 Å². The summed E-state index contributed by atoms with van der Waals surface area (Å²) in [5.74, 6) is 0. The Labute approximate surface area is 381 Å². The predicted octanol–water partition coefficient (Wildman–Crippen LogP) is 17.7. The fraction of sp³-hybridized carbons (Fsp3) is 0. The predicted molar refractivity (Wildman–Crippen MR) is 277 cm³/mol. The Balaban J connectivity index is 0.986. The van der Waals surface area contributed by atoms with Crippen molar-refractivity contribution in [1.29, 1.82) is 5.26 Å². The van der Waals surface area contributed by atoms with Crippen molar-refractivity contribution in [1.82, 2.24) is 0 Å². The van der Waals surface area contributed by atoms with Crippen molar-refractivity contribution in [3.8, 4) is 39.4 Å². The zero-order chi connectivity index (χ0) is 43.7. The molecular formula is C63H38N2O. The van der Waals surface area contributed by atoms with Gasteiger partial charge in [-0.3, -0.25) is 0 Å². The quantitative estimate of drug-likeness (QED) is 0.157. The van der Waals surface area contributed by atoms with Gasteiger partial charge in [0.25, 0.3) is 0 Å². The highest BCUT2D eigenvalue weighted by molar-refractivity contribution is 6.25. The fourth-order valence-corrected chi connectivity index (χ4v) is 10.4. The van der Waals surface area contributed by atoms with Gasteiger partial charge in [0.2, 0.25) is 0 Å². The molecule has 3 heteroatoms. The van der Waals surface area contributed by atoms with Gasteiger partial charge in [0, 0.05) is 33.9 Å². The van der Waals surface area contributed by atoms with Gasteiger partial charge >= 0.3 is 0 Å². The molecule has 0 aliphatic rings. The molecule has 13 rings (SSSR count). The molecule has 3 nitrogen and oxygen atoms in total. The zero-order valence-corrected chi connectivity index (χ0v) is 35.7. The van der Waals surface area contributed by atoms with Crippen LogP contribution in [0.25, 0.3) is 109 Å². The van der Waals surface area contributed by atoms with Crippen LogP contribution in [0.15, 0.2) is 235 Å². The first-order chi connectivity index (χ1) is 32.7. The smallest absolute Gasteiger partial charge is 0.137 e. The van der Waals surface area contributed by atoms with Gasteiger partial charge in [0.05, 0.1) is 11.6 Å². The first-order valence-electron chi connectivity index (χ1n) is 22.4. The third-order valence-electron chi connectivity index (χ3n) is 13.4. The van der Waals surface area contributed by atoms with Gasteiger partial charge in [0.15, 0.2) is 0 Å². The number of para-hydroxylation sites is 1. The van der Waals surface area contributed by atoms with Crippen molar-refractivity contribution in [3.63, 3.8) is 0 Å². The lowest BCUT2D eigenvalue weighted by atomic mass is 9.83. The van der Waals surface area contributed by atoms with E-state index in [0.717, 1.165) is 60.9 Å². The Kier molecular flexibility index (Phi) is 8.59. The molecule has 306 valence electrons. The zero-order valence-electron chi connectivity index (χ0n) is 35.7. The first kappa shape index (κ1) is 37.6. The molecule has 0 aliphatic heterocycles. The lowest BCUT2D eigenvalue weighted by Crippen LogP contribution is -2.09. The van der Waals surface area contributed by atoms with Gasteiger partial charge in [0.1, 0.15) is 11.2 Å². The molecule has 0 unspecified atom stereocenters. The normalized spacial score (nSPS) is 11.6. The lowest BCUT2D eigenvalue weighted by Gasteiger charge is -2.26. The van der Waals surface area contributed by atoms with Crippen LogP contribution in [-0.4, -0.2) is 0 Å². The van der Waals surface area contributed by atoms with E-state index in [4.69, 9.17) is 4.42 Å². The van der Waals surface area contributed by atoms with Crippen LogP contribution in [0, 0.1) is 11.3 Å². The van der Waals surface area contributed by atoms with Crippen LogP contribution in [0.3, 0.4) is 0 Å². The summed E-state index contributed by atoms with van der Waals surface area (Å²) in [7, 11) is 0. The van der Waals surface area contributed by atoms with E-state index in [1.165, 1.54) is 65.3 Å². The Morgan fingerprint density at radius 2 is 0.803 bits per heavy atom. The molecule has 0 N–H and O–H groups in total. The number of hydrogen-bond donors (Lipinski definition) is 0. The number of nitrogens with zero attached hydrogens (tertiary/aromatic N) is 2. The molecule has 0 bridgehead atoms. The van der Waals surface area contributed by atoms with Gasteiger partial charge in [-0.15, -0.1) is 0 Å². The number of rotatable bonds is 6. The number of furan rings is 1. The minimum Gasteiger partial charge on any atom is -0.456 e. The molecule has 0 amide bonds. The summed E-state index contributed by atoms with van der Waals surface area (Å²) >= 11 is 0. The standard InChI is InChI=1S/C63H38N2O/c64-39-40-23-29-47(30-24-40)65(49-32-34-53-52-17-7-8-22-60(52)66-61(53)38-49)48-31-27-44-35-43(25-26-45(44)36-48)46-28-33-58-59(37-46)63(55-21-10-14-42-12-2-4-16-51(42)55)57-19-6-5-18-56(57)62(58)54-20-9-13-41-11-1-3-15-50(41)54/h1-38H. The Morgan fingerprint density at radius 3 is 1.52 bits per heavy atom. The third-order valence-corrected chi connectivity index (χ3v) is 13.4. The van der Waals surface area contributed by atoms with Gasteiger partial charge in [-0.1, -0.05) is 158 Å². The van der Waals surface area contributed by atoms with E-state index in [0.29, 0.717) is 5.56 Å². The van der Waals surface area contributed by atoms with E-state index in [-0.39, 0.29) is 0 Å². The second-order valence-electron chi connectivity index (χ2n) is 17.1. The van der Waals surface area contributed by atoms with Crippen LogP contribution in [0.1, 0.15) is 5.56 Å². The number of anilines is 3. The van der Waals surface area contributed by atoms with Crippen LogP contribution in [0.5, 0.6) is 0 Å². The maximum atomic E-state index is 9.63. The van der Waals surface area contributed by atoms with Crippen molar-refractivity contribution < 1.29 is 4.42 Å². The Bertz CT molecular complexity index is 4120. The number of hydrogen-bond acceptors (Lipinski definition) is 3. The largest absolute Gasteiger partial charge is 0.456 e. The highest BCUT2D eigenvalue weighted by Gasteiger charge is 2.21. The molecule has 13 aromatic rings. The first-order valence-corrected chi connectivity index (χ1v) is 22.4. The van der Waals surface area contributed by atoms with Crippen LogP contribution in [-0.2, 0) is 0 Å². The molecule has 12 aromatic carbocycles. The van der Waals surface area contributed by atoms with E-state index in [9.17, 15) is 5.26 Å². The van der Waals surface area contributed by atoms with Gasteiger partial charge in [-0.2, -0.15) is 5.26 Å². The second-order valence-corrected chi connectivity index (χ2v) is 17.1. The van der Waals surface area contributed by atoms with Gasteiger partial charge < -0.3 is 9.32 Å². The third kappa shape index (κ3) is 6.04. The molecule has 0 fully saturated rings. The summed E-state index contributed by atoms with van der Waals surface area (Å²) in [6, 6.07) is 84.9. The summed E-state index contributed by atoms with van der Waals surface area (Å²) in [6.45, 7) is 0. The van der Waals surface area contributed by atoms with Crippen LogP contribution < -0.4 is 4.90 Å². The summed E-state index contributed by atoms with van der Waals surface area (Å²) in [5, 5.41) is 23.9. The van der Waals surface area contributed by atoms with Crippen molar-refractivity contribution in [2.45, 2.75) is 0 Å². The maximum Gasteiger partial charge on any atom is 0.137 e. The topological polar surface area (TPSA) is 40.2 Å². The lowest BCUT2D eigenvalue weighted by molar-refractivity contribution is 0.669. The summed E-state index contributed by atoms with van der Waals surface area (Å²) in [6.07, 6.45) is 0.